The Morgan fingerprint density at radius 2 is 1.73 bits per heavy atom. The van der Waals surface area contributed by atoms with Crippen molar-refractivity contribution in [2.45, 2.75) is 58.8 Å². The Hall–Kier alpha value is 0.250. The van der Waals surface area contributed by atoms with Crippen molar-refractivity contribution in [1.82, 2.24) is 0 Å². The molecule has 0 saturated carbocycles. The van der Waals surface area contributed by atoms with Gasteiger partial charge in [-0.15, -0.1) is 11.6 Å². The van der Waals surface area contributed by atoms with Gasteiger partial charge in [-0.3, -0.25) is 0 Å². The summed E-state index contributed by atoms with van der Waals surface area (Å²) in [5, 5.41) is 0. The van der Waals surface area contributed by atoms with Gasteiger partial charge in [0.05, 0.1) is 0 Å². The van der Waals surface area contributed by atoms with E-state index in [2.05, 4.69) is 13.8 Å². The Balaban J connectivity index is 3.88. The number of alkyl halides is 1. The lowest BCUT2D eigenvalue weighted by Crippen LogP contribution is -2.22. The van der Waals surface area contributed by atoms with E-state index in [1.165, 1.54) is 44.9 Å². The fourth-order valence-electron chi connectivity index (χ4n) is 2.00. The molecule has 0 bridgehead atoms. The third kappa shape index (κ3) is 6.42. The molecule has 0 heterocycles. The third-order valence-electron chi connectivity index (χ3n) is 3.40. The van der Waals surface area contributed by atoms with E-state index in [9.17, 15) is 0 Å². The Morgan fingerprint density at radius 1 is 1.07 bits per heavy atom. The zero-order chi connectivity index (χ0) is 11.6. The highest BCUT2D eigenvalue weighted by molar-refractivity contribution is 6.18. The maximum absolute atomic E-state index is 6.14. The minimum Gasteiger partial charge on any atom is -0.385 e. The maximum Gasteiger partial charge on any atom is 0.0462 e. The van der Waals surface area contributed by atoms with E-state index in [4.69, 9.17) is 16.3 Å². The number of ether oxygens (including phenoxy) is 1. The van der Waals surface area contributed by atoms with Gasteiger partial charge >= 0.3 is 0 Å². The molecule has 0 aliphatic heterocycles. The highest BCUT2D eigenvalue weighted by atomic mass is 35.5. The Labute approximate surface area is 101 Å². The minimum absolute atomic E-state index is 0.394. The molecule has 0 aliphatic rings. The topological polar surface area (TPSA) is 9.23 Å². The molecule has 1 unspecified atom stereocenters. The number of unbranched alkanes of at least 4 members (excludes halogenated alkanes) is 2. The molecule has 0 radical (unpaired) electrons. The number of methoxy groups -OCH3 is 1. The van der Waals surface area contributed by atoms with Crippen LogP contribution in [0.2, 0.25) is 0 Å². The lowest BCUT2D eigenvalue weighted by atomic mass is 9.78. The predicted molar refractivity (Wildman–Crippen MR) is 68.7 cm³/mol. The zero-order valence-electron chi connectivity index (χ0n) is 10.7. The van der Waals surface area contributed by atoms with Gasteiger partial charge in [-0.2, -0.15) is 0 Å². The largest absolute Gasteiger partial charge is 0.385 e. The molecule has 0 amide bonds. The molecular formula is C13H27ClO. The van der Waals surface area contributed by atoms with Crippen molar-refractivity contribution in [3.05, 3.63) is 0 Å². The molecule has 15 heavy (non-hydrogen) atoms. The molecule has 2 heteroatoms. The van der Waals surface area contributed by atoms with Crippen LogP contribution in [-0.4, -0.2) is 19.6 Å². The summed E-state index contributed by atoms with van der Waals surface area (Å²) in [5.41, 5.74) is 0.394. The van der Waals surface area contributed by atoms with Crippen LogP contribution in [0.25, 0.3) is 0 Å². The van der Waals surface area contributed by atoms with Gasteiger partial charge < -0.3 is 4.74 Å². The van der Waals surface area contributed by atoms with Crippen molar-refractivity contribution in [3.63, 3.8) is 0 Å². The van der Waals surface area contributed by atoms with E-state index in [1.54, 1.807) is 7.11 Å². The fourth-order valence-corrected chi connectivity index (χ4v) is 2.46. The minimum atomic E-state index is 0.394. The summed E-state index contributed by atoms with van der Waals surface area (Å²) in [4.78, 5) is 0. The summed E-state index contributed by atoms with van der Waals surface area (Å²) < 4.78 is 5.07. The second kappa shape index (κ2) is 9.47. The zero-order valence-corrected chi connectivity index (χ0v) is 11.4. The summed E-state index contributed by atoms with van der Waals surface area (Å²) in [6.07, 6.45) is 8.76. The van der Waals surface area contributed by atoms with Crippen LogP contribution in [0.3, 0.4) is 0 Å². The summed E-state index contributed by atoms with van der Waals surface area (Å²) in [5.74, 6) is 0.816. The third-order valence-corrected chi connectivity index (χ3v) is 3.97. The molecule has 0 fully saturated rings. The van der Waals surface area contributed by atoms with Gasteiger partial charge in [0, 0.05) is 19.6 Å². The van der Waals surface area contributed by atoms with E-state index in [1.807, 2.05) is 0 Å². The van der Waals surface area contributed by atoms with Gasteiger partial charge in [0.2, 0.25) is 0 Å². The average molecular weight is 235 g/mol. The highest BCUT2D eigenvalue weighted by Gasteiger charge is 2.25. The van der Waals surface area contributed by atoms with Gasteiger partial charge in [-0.1, -0.05) is 33.1 Å². The lowest BCUT2D eigenvalue weighted by Gasteiger charge is -2.30. The molecular weight excluding hydrogens is 208 g/mol. The van der Waals surface area contributed by atoms with Gasteiger partial charge in [-0.25, -0.2) is 0 Å². The summed E-state index contributed by atoms with van der Waals surface area (Å²) in [6, 6.07) is 0. The monoisotopic (exact) mass is 234 g/mol. The SMILES string of the molecule is CCCCC(CC)(CCl)CCCCOC. The van der Waals surface area contributed by atoms with Crippen LogP contribution in [-0.2, 0) is 4.74 Å². The molecule has 0 spiro atoms. The smallest absolute Gasteiger partial charge is 0.0462 e. The molecule has 0 aromatic carbocycles. The number of hydrogen-bond acceptors (Lipinski definition) is 1. The van der Waals surface area contributed by atoms with E-state index >= 15 is 0 Å². The van der Waals surface area contributed by atoms with Gasteiger partial charge in [-0.05, 0) is 31.1 Å². The van der Waals surface area contributed by atoms with Crippen LogP contribution >= 0.6 is 11.6 Å². The summed E-state index contributed by atoms with van der Waals surface area (Å²) >= 11 is 6.14. The van der Waals surface area contributed by atoms with Gasteiger partial charge in [0.1, 0.15) is 0 Å². The molecule has 0 aliphatic carbocycles. The molecule has 92 valence electrons. The first-order valence-corrected chi connectivity index (χ1v) is 6.83. The van der Waals surface area contributed by atoms with Crippen LogP contribution in [0.15, 0.2) is 0 Å². The second-order valence-electron chi connectivity index (χ2n) is 4.54. The first-order chi connectivity index (χ1) is 7.24. The van der Waals surface area contributed by atoms with Crippen molar-refractivity contribution in [3.8, 4) is 0 Å². The normalized spacial score (nSPS) is 15.2. The molecule has 0 aromatic heterocycles. The van der Waals surface area contributed by atoms with Crippen LogP contribution in [0.5, 0.6) is 0 Å². The molecule has 0 rings (SSSR count). The molecule has 1 nitrogen and oxygen atoms in total. The maximum atomic E-state index is 6.14. The first kappa shape index (κ1) is 15.2. The van der Waals surface area contributed by atoms with Crippen molar-refractivity contribution in [1.29, 1.82) is 0 Å². The number of hydrogen-bond donors (Lipinski definition) is 0. The Kier molecular flexibility index (Phi) is 9.63. The number of rotatable bonds is 10. The van der Waals surface area contributed by atoms with E-state index in [-0.39, 0.29) is 0 Å². The summed E-state index contributed by atoms with van der Waals surface area (Å²) in [7, 11) is 1.77. The van der Waals surface area contributed by atoms with E-state index < -0.39 is 0 Å². The Bertz CT molecular complexity index is 132. The van der Waals surface area contributed by atoms with Gasteiger partial charge in [0.15, 0.2) is 0 Å². The standard InChI is InChI=1S/C13H27ClO/c1-4-6-9-13(5-2,12-14)10-7-8-11-15-3/h4-12H2,1-3H3. The van der Waals surface area contributed by atoms with Crippen molar-refractivity contribution < 1.29 is 4.74 Å². The number of halogens is 1. The average Bonchev–Trinajstić information content (AvgIpc) is 2.29. The fraction of sp³-hybridized carbons (Fsp3) is 1.00. The lowest BCUT2D eigenvalue weighted by molar-refractivity contribution is 0.180. The van der Waals surface area contributed by atoms with Crippen LogP contribution < -0.4 is 0 Å². The van der Waals surface area contributed by atoms with Crippen LogP contribution in [0, 0.1) is 5.41 Å². The molecule has 1 atom stereocenters. The van der Waals surface area contributed by atoms with E-state index in [0.29, 0.717) is 5.41 Å². The van der Waals surface area contributed by atoms with Gasteiger partial charge in [0.25, 0.3) is 0 Å². The quantitative estimate of drug-likeness (QED) is 0.396. The predicted octanol–water partition coefficient (Wildman–Crippen LogP) is 4.63. The molecule has 0 saturated heterocycles. The van der Waals surface area contributed by atoms with Crippen LogP contribution in [0.1, 0.15) is 58.8 Å². The summed E-state index contributed by atoms with van der Waals surface area (Å²) in [6.45, 7) is 5.41. The second-order valence-corrected chi connectivity index (χ2v) is 4.81. The van der Waals surface area contributed by atoms with Crippen molar-refractivity contribution in [2.75, 3.05) is 19.6 Å². The van der Waals surface area contributed by atoms with E-state index in [0.717, 1.165) is 12.5 Å². The van der Waals surface area contributed by atoms with Crippen molar-refractivity contribution in [2.24, 2.45) is 5.41 Å². The Morgan fingerprint density at radius 3 is 2.20 bits per heavy atom. The first-order valence-electron chi connectivity index (χ1n) is 6.29. The van der Waals surface area contributed by atoms with Crippen LogP contribution in [0.4, 0.5) is 0 Å². The highest BCUT2D eigenvalue weighted by Crippen LogP contribution is 2.35. The van der Waals surface area contributed by atoms with Crippen molar-refractivity contribution >= 4 is 11.6 Å². The molecule has 0 N–H and O–H groups in total. The molecule has 0 aromatic rings.